The number of fused-ring (bicyclic) bond motifs is 1. The van der Waals surface area contributed by atoms with Crippen molar-refractivity contribution >= 4 is 5.78 Å². The molecule has 11 atom stereocenters. The van der Waals surface area contributed by atoms with Gasteiger partial charge in [0.05, 0.1) is 30.8 Å². The fourth-order valence-corrected chi connectivity index (χ4v) is 5.67. The summed E-state index contributed by atoms with van der Waals surface area (Å²) in [4.78, 5) is 13.5. The summed E-state index contributed by atoms with van der Waals surface area (Å²) < 4.78 is 17.2. The van der Waals surface area contributed by atoms with E-state index in [1.807, 2.05) is 0 Å². The van der Waals surface area contributed by atoms with Gasteiger partial charge in [0.2, 0.25) is 0 Å². The van der Waals surface area contributed by atoms with Gasteiger partial charge >= 0.3 is 0 Å². The number of rotatable bonds is 5. The van der Waals surface area contributed by atoms with Gasteiger partial charge in [-0.1, -0.05) is 12.1 Å². The highest BCUT2D eigenvalue weighted by molar-refractivity contribution is 6.04. The van der Waals surface area contributed by atoms with Crippen molar-refractivity contribution < 1.29 is 75.2 Å². The molecule has 11 N–H and O–H groups in total. The Bertz CT molecular complexity index is 1310. The predicted molar refractivity (Wildman–Crippen MR) is 136 cm³/mol. The largest absolute Gasteiger partial charge is 0.508 e. The second-order valence-corrected chi connectivity index (χ2v) is 10.6. The van der Waals surface area contributed by atoms with Crippen LogP contribution < -0.4 is 4.74 Å². The minimum atomic E-state index is -2.01. The molecule has 0 amide bonds. The number of carbonyl (C=O) groups is 1. The number of aromatic hydroxyl groups is 3. The minimum absolute atomic E-state index is 0.0669. The summed E-state index contributed by atoms with van der Waals surface area (Å²) in [6, 6.07) is 5.62. The maximum atomic E-state index is 13.5. The van der Waals surface area contributed by atoms with Gasteiger partial charge in [-0.15, -0.1) is 0 Å². The van der Waals surface area contributed by atoms with E-state index in [0.717, 1.165) is 0 Å². The van der Waals surface area contributed by atoms with Crippen LogP contribution >= 0.6 is 0 Å². The third-order valence-corrected chi connectivity index (χ3v) is 8.00. The molecule has 15 heteroatoms. The smallest absolute Gasteiger partial charge is 0.174 e. The fourth-order valence-electron chi connectivity index (χ4n) is 5.67. The summed E-state index contributed by atoms with van der Waals surface area (Å²) in [6.45, 7) is -1.68. The standard InChI is InChI=1S/C27H32O15/c28-6-12-17(32)21(36)23(38)26(41-12)15-19(34)14-10(31)5-11(8-1-3-9(30)4-2-8)40-25(14)16(20(15)35)27-24(39)22(37)18(33)13(7-29)42-27/h1-4,11-13,17-18,21-24,26-30,32-39H,5-7H2/t11-,12-,13-,17-,18-,21+,22+,23-,24-,26+,27+/m1/s1. The average Bonchev–Trinajstić information content (AvgIpc) is 2.97. The van der Waals surface area contributed by atoms with Crippen molar-refractivity contribution in [2.75, 3.05) is 13.2 Å². The van der Waals surface area contributed by atoms with Gasteiger partial charge in [0.25, 0.3) is 0 Å². The molecule has 0 radical (unpaired) electrons. The zero-order valence-corrected chi connectivity index (χ0v) is 21.8. The van der Waals surface area contributed by atoms with Crippen LogP contribution in [0.4, 0.5) is 0 Å². The molecule has 0 saturated carbocycles. The Kier molecular flexibility index (Phi) is 8.34. The number of benzene rings is 2. The molecule has 0 bridgehead atoms. The van der Waals surface area contributed by atoms with Gasteiger partial charge in [-0.25, -0.2) is 0 Å². The van der Waals surface area contributed by atoms with Crippen molar-refractivity contribution in [1.29, 1.82) is 0 Å². The molecule has 42 heavy (non-hydrogen) atoms. The zero-order chi connectivity index (χ0) is 30.6. The quantitative estimate of drug-likeness (QED) is 0.171. The van der Waals surface area contributed by atoms with Gasteiger partial charge in [0, 0.05) is 0 Å². The first kappa shape index (κ1) is 30.4. The lowest BCUT2D eigenvalue weighted by molar-refractivity contribution is -0.234. The van der Waals surface area contributed by atoms with Gasteiger partial charge in [-0.05, 0) is 17.7 Å². The molecular formula is C27H32O15. The molecule has 2 aromatic rings. The summed E-state index contributed by atoms with van der Waals surface area (Å²) in [5.74, 6) is -3.21. The van der Waals surface area contributed by atoms with Crippen molar-refractivity contribution in [2.24, 2.45) is 0 Å². The molecule has 5 rings (SSSR count). The van der Waals surface area contributed by atoms with Crippen LogP contribution in [0.15, 0.2) is 24.3 Å². The Morgan fingerprint density at radius 3 is 1.67 bits per heavy atom. The van der Waals surface area contributed by atoms with E-state index in [4.69, 9.17) is 14.2 Å². The Morgan fingerprint density at radius 1 is 0.667 bits per heavy atom. The van der Waals surface area contributed by atoms with E-state index in [9.17, 15) is 61.0 Å². The van der Waals surface area contributed by atoms with Crippen LogP contribution in [0.25, 0.3) is 0 Å². The summed E-state index contributed by atoms with van der Waals surface area (Å²) in [5.41, 5.74) is -1.34. The molecule has 0 spiro atoms. The maximum Gasteiger partial charge on any atom is 0.174 e. The van der Waals surface area contributed by atoms with Crippen LogP contribution in [0.5, 0.6) is 23.0 Å². The molecule has 2 fully saturated rings. The third kappa shape index (κ3) is 4.87. The van der Waals surface area contributed by atoms with Crippen molar-refractivity contribution in [3.8, 4) is 23.0 Å². The van der Waals surface area contributed by atoms with Gasteiger partial charge in [0.15, 0.2) is 5.78 Å². The van der Waals surface area contributed by atoms with Crippen LogP contribution in [-0.2, 0) is 9.47 Å². The van der Waals surface area contributed by atoms with E-state index in [1.165, 1.54) is 24.3 Å². The molecule has 3 aliphatic rings. The fraction of sp³-hybridized carbons (Fsp3) is 0.519. The summed E-state index contributed by atoms with van der Waals surface area (Å²) in [7, 11) is 0. The molecule has 2 saturated heterocycles. The normalized spacial score (nSPS) is 36.8. The topological polar surface area (TPSA) is 267 Å². The van der Waals surface area contributed by atoms with Crippen molar-refractivity contribution in [1.82, 2.24) is 0 Å². The molecule has 230 valence electrons. The number of aliphatic hydroxyl groups excluding tert-OH is 8. The zero-order valence-electron chi connectivity index (χ0n) is 21.8. The summed E-state index contributed by atoms with van der Waals surface area (Å²) in [6.07, 6.45) is -19.4. The van der Waals surface area contributed by atoms with Crippen molar-refractivity contribution in [3.05, 3.63) is 46.5 Å². The second kappa shape index (κ2) is 11.5. The number of ether oxygens (including phenoxy) is 3. The molecule has 3 aliphatic heterocycles. The summed E-state index contributed by atoms with van der Waals surface area (Å²) in [5, 5.41) is 115. The van der Waals surface area contributed by atoms with E-state index >= 15 is 0 Å². The van der Waals surface area contributed by atoms with Gasteiger partial charge in [-0.3, -0.25) is 4.79 Å². The monoisotopic (exact) mass is 596 g/mol. The average molecular weight is 597 g/mol. The van der Waals surface area contributed by atoms with E-state index < -0.39 is 120 Å². The number of phenols is 3. The first-order valence-electron chi connectivity index (χ1n) is 13.1. The highest BCUT2D eigenvalue weighted by Gasteiger charge is 2.51. The highest BCUT2D eigenvalue weighted by atomic mass is 16.6. The van der Waals surface area contributed by atoms with Gasteiger partial charge in [-0.2, -0.15) is 0 Å². The van der Waals surface area contributed by atoms with E-state index in [1.54, 1.807) is 0 Å². The molecule has 0 aromatic heterocycles. The number of carbonyl (C=O) groups excluding carboxylic acids is 1. The number of ketones is 1. The number of phenolic OH excluding ortho intramolecular Hbond substituents is 3. The Labute approximate surface area is 237 Å². The Morgan fingerprint density at radius 2 is 1.17 bits per heavy atom. The number of aliphatic hydroxyl groups is 8. The second-order valence-electron chi connectivity index (χ2n) is 10.6. The number of Topliss-reactive ketones (excluding diaryl/α,β-unsaturated/α-hetero) is 1. The molecule has 0 unspecified atom stereocenters. The van der Waals surface area contributed by atoms with Crippen LogP contribution in [0.3, 0.4) is 0 Å². The SMILES string of the molecule is O=C1C[C@H](c2ccc(O)cc2)Oc2c1c(O)c([C@@H]1O[C@H](CO)[C@@H](O)[C@H](O)[C@H]1O)c(O)c2[C@@H]1O[C@H](CO)[C@@H](O)[C@H](O)[C@H]1O. The first-order valence-corrected chi connectivity index (χ1v) is 13.1. The highest BCUT2D eigenvalue weighted by Crippen LogP contribution is 2.55. The van der Waals surface area contributed by atoms with Crippen LogP contribution in [0.1, 0.15) is 51.8 Å². The predicted octanol–water partition coefficient (Wildman–Crippen LogP) is -2.46. The lowest BCUT2D eigenvalue weighted by atomic mass is 9.82. The maximum absolute atomic E-state index is 13.5. The van der Waals surface area contributed by atoms with E-state index in [-0.39, 0.29) is 12.2 Å². The Hall–Kier alpha value is -3.09. The van der Waals surface area contributed by atoms with Crippen LogP contribution in [-0.4, -0.2) is 124 Å². The number of hydrogen-bond acceptors (Lipinski definition) is 15. The lowest BCUT2D eigenvalue weighted by Crippen LogP contribution is -2.55. The van der Waals surface area contributed by atoms with E-state index in [0.29, 0.717) is 5.56 Å². The molecule has 15 nitrogen and oxygen atoms in total. The van der Waals surface area contributed by atoms with Gasteiger partial charge < -0.3 is 70.4 Å². The summed E-state index contributed by atoms with van der Waals surface area (Å²) >= 11 is 0. The molecule has 0 aliphatic carbocycles. The minimum Gasteiger partial charge on any atom is -0.508 e. The molecule has 3 heterocycles. The van der Waals surface area contributed by atoms with Crippen LogP contribution in [0, 0.1) is 0 Å². The van der Waals surface area contributed by atoms with E-state index in [2.05, 4.69) is 0 Å². The molecular weight excluding hydrogens is 564 g/mol. The third-order valence-electron chi connectivity index (χ3n) is 8.00. The lowest BCUT2D eigenvalue weighted by Gasteiger charge is -2.43. The first-order chi connectivity index (χ1) is 19.9. The van der Waals surface area contributed by atoms with Gasteiger partial charge in [0.1, 0.15) is 95.7 Å². The number of hydrogen-bond donors (Lipinski definition) is 11. The van der Waals surface area contributed by atoms with Crippen LogP contribution in [0.2, 0.25) is 0 Å². The molecule has 2 aromatic carbocycles. The van der Waals surface area contributed by atoms with Crippen molar-refractivity contribution in [3.63, 3.8) is 0 Å². The Balaban J connectivity index is 1.72. The van der Waals surface area contributed by atoms with Crippen molar-refractivity contribution in [2.45, 2.75) is 73.6 Å².